The van der Waals surface area contributed by atoms with Gasteiger partial charge in [-0.15, -0.1) is 11.3 Å². The third kappa shape index (κ3) is 4.49. The smallest absolute Gasteiger partial charge is 0.224 e. The van der Waals surface area contributed by atoms with Gasteiger partial charge in [0.15, 0.2) is 5.65 Å². The van der Waals surface area contributed by atoms with E-state index in [9.17, 15) is 4.79 Å². The summed E-state index contributed by atoms with van der Waals surface area (Å²) in [5.74, 6) is -0.00289. The van der Waals surface area contributed by atoms with Crippen molar-refractivity contribution in [1.29, 1.82) is 0 Å². The second kappa shape index (κ2) is 9.59. The number of carbonyl (C=O) groups excluding carboxylic acids is 1. The number of nitrogens with zero attached hydrogens (tertiary/aromatic N) is 4. The number of aryl methyl sites for hydroxylation is 1. The number of pyridine rings is 3. The average molecular weight is 508 g/mol. The van der Waals surface area contributed by atoms with Crippen molar-refractivity contribution in [2.45, 2.75) is 33.1 Å². The van der Waals surface area contributed by atoms with Gasteiger partial charge < -0.3 is 10.3 Å². The molecule has 0 atom stereocenters. The van der Waals surface area contributed by atoms with E-state index in [-0.39, 0.29) is 5.91 Å². The van der Waals surface area contributed by atoms with Gasteiger partial charge in [-0.3, -0.25) is 19.9 Å². The quantitative estimate of drug-likeness (QED) is 0.222. The Kier molecular flexibility index (Phi) is 5.97. The molecule has 0 aliphatic carbocycles. The van der Waals surface area contributed by atoms with E-state index in [1.807, 2.05) is 24.4 Å². The number of H-pyrrole nitrogens is 2. The molecule has 0 radical (unpaired) electrons. The Labute approximate surface area is 217 Å². The number of unbranched alkanes of at least 4 members (excludes halogenated alkanes) is 1. The van der Waals surface area contributed by atoms with Gasteiger partial charge in [-0.05, 0) is 49.7 Å². The molecule has 6 rings (SSSR count). The van der Waals surface area contributed by atoms with Crippen molar-refractivity contribution in [2.75, 3.05) is 5.32 Å². The summed E-state index contributed by atoms with van der Waals surface area (Å²) in [6, 6.07) is 12.3. The van der Waals surface area contributed by atoms with Crippen molar-refractivity contribution in [3.63, 3.8) is 0 Å². The fourth-order valence-electron chi connectivity index (χ4n) is 4.43. The monoisotopic (exact) mass is 507 g/mol. The number of anilines is 1. The van der Waals surface area contributed by atoms with Crippen molar-refractivity contribution < 1.29 is 4.79 Å². The Morgan fingerprint density at radius 1 is 1.00 bits per heavy atom. The van der Waals surface area contributed by atoms with Crippen LogP contribution in [0.5, 0.6) is 0 Å². The number of rotatable bonds is 7. The number of carbonyl (C=O) groups is 1. The fraction of sp³-hybridized carbons (Fsp3) is 0.179. The number of thiophene rings is 1. The van der Waals surface area contributed by atoms with Gasteiger partial charge in [0.1, 0.15) is 5.69 Å². The highest BCUT2D eigenvalue weighted by atomic mass is 32.1. The van der Waals surface area contributed by atoms with Gasteiger partial charge in [-0.25, -0.2) is 4.98 Å². The number of amides is 1. The minimum atomic E-state index is -0.00289. The van der Waals surface area contributed by atoms with Crippen molar-refractivity contribution in [3.05, 3.63) is 66.1 Å². The lowest BCUT2D eigenvalue weighted by molar-refractivity contribution is -0.116. The van der Waals surface area contributed by atoms with Crippen LogP contribution < -0.4 is 5.32 Å². The van der Waals surface area contributed by atoms with Crippen LogP contribution in [0.25, 0.3) is 55.0 Å². The Morgan fingerprint density at radius 2 is 1.89 bits per heavy atom. The van der Waals surface area contributed by atoms with Crippen LogP contribution in [0, 0.1) is 6.92 Å². The van der Waals surface area contributed by atoms with Crippen LogP contribution in [0.15, 0.2) is 61.2 Å². The van der Waals surface area contributed by atoms with Crippen LogP contribution in [0.4, 0.5) is 5.69 Å². The number of hydrogen-bond donors (Lipinski definition) is 3. The van der Waals surface area contributed by atoms with E-state index < -0.39 is 0 Å². The molecule has 0 saturated heterocycles. The number of aromatic nitrogens is 6. The minimum Gasteiger partial charge on any atom is -0.353 e. The van der Waals surface area contributed by atoms with Crippen LogP contribution in [0.3, 0.4) is 0 Å². The summed E-state index contributed by atoms with van der Waals surface area (Å²) in [5, 5.41) is 12.5. The minimum absolute atomic E-state index is 0.00289. The largest absolute Gasteiger partial charge is 0.353 e. The van der Waals surface area contributed by atoms with Crippen molar-refractivity contribution in [2.24, 2.45) is 0 Å². The first-order valence-corrected chi connectivity index (χ1v) is 13.0. The Balaban J connectivity index is 1.37. The van der Waals surface area contributed by atoms with Crippen LogP contribution in [0.2, 0.25) is 0 Å². The molecular formula is C28H25N7OS. The molecule has 8 nitrogen and oxygen atoms in total. The van der Waals surface area contributed by atoms with Crippen LogP contribution in [-0.4, -0.2) is 36.0 Å². The van der Waals surface area contributed by atoms with Crippen LogP contribution in [-0.2, 0) is 4.79 Å². The highest BCUT2D eigenvalue weighted by Gasteiger charge is 2.16. The molecule has 1 amide bonds. The first kappa shape index (κ1) is 23.1. The van der Waals surface area contributed by atoms with E-state index in [1.165, 1.54) is 4.88 Å². The number of hydrogen-bond acceptors (Lipinski definition) is 6. The summed E-state index contributed by atoms with van der Waals surface area (Å²) in [7, 11) is 0. The highest BCUT2D eigenvalue weighted by Crippen LogP contribution is 2.36. The number of nitrogens with one attached hydrogen (secondary N) is 3. The number of aromatic amines is 2. The Hall–Kier alpha value is -4.37. The van der Waals surface area contributed by atoms with E-state index in [0.29, 0.717) is 17.8 Å². The first-order chi connectivity index (χ1) is 18.1. The van der Waals surface area contributed by atoms with Gasteiger partial charge >= 0.3 is 0 Å². The molecule has 3 N–H and O–H groups in total. The molecule has 6 aromatic rings. The molecule has 9 heteroatoms. The second-order valence-corrected chi connectivity index (χ2v) is 10.3. The Morgan fingerprint density at radius 3 is 2.73 bits per heavy atom. The lowest BCUT2D eigenvalue weighted by Gasteiger charge is -2.07. The second-order valence-electron chi connectivity index (χ2n) is 9.02. The summed E-state index contributed by atoms with van der Waals surface area (Å²) in [6.07, 6.45) is 9.39. The Bertz CT molecular complexity index is 1750. The van der Waals surface area contributed by atoms with E-state index >= 15 is 0 Å². The molecule has 6 aromatic heterocycles. The van der Waals surface area contributed by atoms with Gasteiger partial charge in [0.2, 0.25) is 5.91 Å². The predicted molar refractivity (Wildman–Crippen MR) is 148 cm³/mol. The SMILES string of the molecule is CCCCC(=O)Nc1cncc(-c2cnc3[nH]nc(-c4cc5c(-c6ccc(C)s6)nccc5[nH]4)c3c2)c1. The zero-order valence-electron chi connectivity index (χ0n) is 20.5. The van der Waals surface area contributed by atoms with E-state index in [0.717, 1.165) is 62.2 Å². The molecular weight excluding hydrogens is 482 g/mol. The van der Waals surface area contributed by atoms with Gasteiger partial charge in [0, 0.05) is 57.3 Å². The molecule has 0 saturated carbocycles. The zero-order chi connectivity index (χ0) is 25.4. The maximum absolute atomic E-state index is 12.2. The van der Waals surface area contributed by atoms with Gasteiger partial charge in [0.25, 0.3) is 0 Å². The predicted octanol–water partition coefficient (Wildman–Crippen LogP) is 6.73. The summed E-state index contributed by atoms with van der Waals surface area (Å²) in [6.45, 7) is 4.17. The van der Waals surface area contributed by atoms with Crippen molar-refractivity contribution in [1.82, 2.24) is 30.1 Å². The third-order valence-electron chi connectivity index (χ3n) is 6.31. The third-order valence-corrected chi connectivity index (χ3v) is 7.31. The summed E-state index contributed by atoms with van der Waals surface area (Å²) in [4.78, 5) is 31.7. The molecule has 6 heterocycles. The van der Waals surface area contributed by atoms with Crippen molar-refractivity contribution in [3.8, 4) is 33.1 Å². The molecule has 0 spiro atoms. The van der Waals surface area contributed by atoms with Gasteiger partial charge in [-0.1, -0.05) is 13.3 Å². The summed E-state index contributed by atoms with van der Waals surface area (Å²) in [5.41, 5.74) is 6.75. The van der Waals surface area contributed by atoms with E-state index in [2.05, 4.69) is 67.5 Å². The van der Waals surface area contributed by atoms with Crippen LogP contribution in [0.1, 0.15) is 31.1 Å². The normalized spacial score (nSPS) is 11.4. The maximum atomic E-state index is 12.2. The van der Waals surface area contributed by atoms with E-state index in [4.69, 9.17) is 0 Å². The number of fused-ring (bicyclic) bond motifs is 2. The van der Waals surface area contributed by atoms with Gasteiger partial charge in [-0.2, -0.15) is 5.10 Å². The summed E-state index contributed by atoms with van der Waals surface area (Å²) < 4.78 is 0. The molecule has 0 aliphatic heterocycles. The van der Waals surface area contributed by atoms with Gasteiger partial charge in [0.05, 0.1) is 28.1 Å². The van der Waals surface area contributed by atoms with E-state index in [1.54, 1.807) is 29.9 Å². The van der Waals surface area contributed by atoms with Crippen molar-refractivity contribution >= 4 is 44.9 Å². The molecule has 0 unspecified atom stereocenters. The fourth-order valence-corrected chi connectivity index (χ4v) is 5.31. The topological polar surface area (TPSA) is 112 Å². The average Bonchev–Trinajstić information content (AvgIpc) is 3.64. The molecule has 184 valence electrons. The van der Waals surface area contributed by atoms with Crippen LogP contribution >= 0.6 is 11.3 Å². The highest BCUT2D eigenvalue weighted by molar-refractivity contribution is 7.15. The maximum Gasteiger partial charge on any atom is 0.224 e. The molecule has 37 heavy (non-hydrogen) atoms. The standard InChI is InChI=1S/C28H25N7OS/c1-3-4-5-25(36)32-19-10-17(13-29-15-19)18-11-21-26(34-35-28(21)31-14-18)23-12-20-22(33-23)8-9-30-27(20)24-7-6-16(2)37-24/h6-15,33H,3-5H2,1-2H3,(H,32,36)(H,31,34,35). The lowest BCUT2D eigenvalue weighted by Crippen LogP contribution is -2.11. The molecule has 0 bridgehead atoms. The first-order valence-electron chi connectivity index (χ1n) is 12.2. The summed E-state index contributed by atoms with van der Waals surface area (Å²) >= 11 is 1.73. The molecule has 0 aliphatic rings. The molecule has 0 aromatic carbocycles. The zero-order valence-corrected chi connectivity index (χ0v) is 21.3. The lowest BCUT2D eigenvalue weighted by atomic mass is 10.1. The molecule has 0 fully saturated rings.